The molecular weight excluding hydrogens is 436 g/mol. The van der Waals surface area contributed by atoms with Crippen molar-refractivity contribution < 1.29 is 19.4 Å². The predicted octanol–water partition coefficient (Wildman–Crippen LogP) is 8.52. The molecule has 0 unspecified atom stereocenters. The summed E-state index contributed by atoms with van der Waals surface area (Å²) in [6.07, 6.45) is 15.4. The van der Waals surface area contributed by atoms with Crippen molar-refractivity contribution in [3.63, 3.8) is 0 Å². The Balaban J connectivity index is 1.90. The third-order valence-electron chi connectivity index (χ3n) is 6.77. The van der Waals surface area contributed by atoms with Gasteiger partial charge >= 0.3 is 5.97 Å². The lowest BCUT2D eigenvalue weighted by atomic mass is 9.87. The van der Waals surface area contributed by atoms with Crippen LogP contribution in [-0.4, -0.2) is 22.3 Å². The molecule has 1 atom stereocenters. The first-order valence-corrected chi connectivity index (χ1v) is 13.0. The zero-order chi connectivity index (χ0) is 26.2. The second kappa shape index (κ2) is 12.5. The summed E-state index contributed by atoms with van der Waals surface area (Å²) >= 11 is 0. The number of carboxylic acids is 1. The van der Waals surface area contributed by atoms with E-state index in [1.54, 1.807) is 13.8 Å². The van der Waals surface area contributed by atoms with Crippen LogP contribution in [-0.2, 0) is 11.2 Å². The van der Waals surface area contributed by atoms with Crippen LogP contribution in [0.4, 0.5) is 0 Å². The first-order valence-electron chi connectivity index (χ1n) is 13.0. The van der Waals surface area contributed by atoms with Crippen LogP contribution in [0.1, 0.15) is 105 Å². The summed E-state index contributed by atoms with van der Waals surface area (Å²) in [5.41, 5.74) is 4.93. The average Bonchev–Trinajstić information content (AvgIpc) is 2.74. The molecule has 4 nitrogen and oxygen atoms in total. The van der Waals surface area contributed by atoms with Crippen LogP contribution >= 0.6 is 0 Å². The number of carbonyl (C=O) groups is 1. The number of benzene rings is 1. The van der Waals surface area contributed by atoms with Crippen LogP contribution in [0.5, 0.6) is 11.5 Å². The minimum atomic E-state index is -1.27. The first-order chi connectivity index (χ1) is 16.3. The van der Waals surface area contributed by atoms with Crippen LogP contribution in [0.25, 0.3) is 0 Å². The largest absolute Gasteiger partial charge is 0.487 e. The number of hydrogen-bond donors (Lipinski definition) is 1. The van der Waals surface area contributed by atoms with E-state index in [9.17, 15) is 9.90 Å². The minimum Gasteiger partial charge on any atom is -0.487 e. The van der Waals surface area contributed by atoms with Gasteiger partial charge in [0.1, 0.15) is 17.1 Å². The Labute approximate surface area is 213 Å². The summed E-state index contributed by atoms with van der Waals surface area (Å²) in [5.74, 6) is 0.528. The van der Waals surface area contributed by atoms with Gasteiger partial charge in [-0.25, -0.2) is 4.79 Å². The van der Waals surface area contributed by atoms with Crippen LogP contribution in [0.3, 0.4) is 0 Å². The molecule has 0 saturated carbocycles. The molecule has 194 valence electrons. The highest BCUT2D eigenvalue weighted by Crippen LogP contribution is 2.40. The van der Waals surface area contributed by atoms with Crippen molar-refractivity contribution in [2.45, 2.75) is 118 Å². The lowest BCUT2D eigenvalue weighted by Gasteiger charge is -2.37. The smallest absolute Gasteiger partial charge is 0.347 e. The highest BCUT2D eigenvalue weighted by Gasteiger charge is 2.34. The summed E-state index contributed by atoms with van der Waals surface area (Å²) in [6, 6.07) is 3.82. The fraction of sp³-hybridized carbons (Fsp3) is 0.581. The number of aryl methyl sites for hydroxylation is 2. The van der Waals surface area contributed by atoms with Crippen molar-refractivity contribution in [3.05, 3.63) is 58.2 Å². The molecule has 0 aliphatic carbocycles. The van der Waals surface area contributed by atoms with E-state index in [0.717, 1.165) is 68.2 Å². The Morgan fingerprint density at radius 1 is 1.06 bits per heavy atom. The molecule has 1 aliphatic rings. The number of fused-ring (bicyclic) bond motifs is 1. The van der Waals surface area contributed by atoms with E-state index >= 15 is 0 Å². The molecule has 1 aliphatic heterocycles. The van der Waals surface area contributed by atoms with E-state index in [2.05, 4.69) is 52.8 Å². The average molecular weight is 483 g/mol. The van der Waals surface area contributed by atoms with Gasteiger partial charge in [-0.3, -0.25) is 0 Å². The molecule has 0 spiro atoms. The Bertz CT molecular complexity index is 976. The van der Waals surface area contributed by atoms with Gasteiger partial charge in [0.25, 0.3) is 0 Å². The number of rotatable bonds is 12. The molecular formula is C31H46O4. The summed E-state index contributed by atoms with van der Waals surface area (Å²) < 4.78 is 12.3. The van der Waals surface area contributed by atoms with Crippen molar-refractivity contribution in [3.8, 4) is 11.5 Å². The van der Waals surface area contributed by atoms with Gasteiger partial charge in [0.2, 0.25) is 0 Å². The molecule has 0 radical (unpaired) electrons. The fourth-order valence-electron chi connectivity index (χ4n) is 4.38. The fourth-order valence-corrected chi connectivity index (χ4v) is 4.38. The van der Waals surface area contributed by atoms with Gasteiger partial charge in [-0.1, -0.05) is 34.9 Å². The second-order valence-electron chi connectivity index (χ2n) is 11.2. The SMILES string of the molecule is CC(C)=CCC/C(C)=C/CC/C(C)=C/CC[C@]1(C)CCc2cc(OC(C)(C)C(=O)O)cc(C)c2O1. The summed E-state index contributed by atoms with van der Waals surface area (Å²) in [5, 5.41) is 9.36. The first kappa shape index (κ1) is 28.7. The summed E-state index contributed by atoms with van der Waals surface area (Å²) in [6.45, 7) is 16.1. The number of allylic oxidation sites excluding steroid dienone is 6. The zero-order valence-corrected chi connectivity index (χ0v) is 23.2. The highest BCUT2D eigenvalue weighted by atomic mass is 16.5. The molecule has 1 heterocycles. The van der Waals surface area contributed by atoms with Gasteiger partial charge < -0.3 is 14.6 Å². The van der Waals surface area contributed by atoms with Crippen LogP contribution < -0.4 is 9.47 Å². The Morgan fingerprint density at radius 2 is 1.66 bits per heavy atom. The standard InChI is InChI=1S/C31H46O4/c1-22(2)12-9-13-23(3)14-10-15-24(4)16-11-18-31(8)19-17-26-21-27(20-25(5)28(26)35-31)34-30(6,7)29(32)33/h12,14,16,20-21H,9-11,13,15,17-19H2,1-8H3,(H,32,33)/b23-14+,24-16+/t31-/m1/s1. The Hall–Kier alpha value is -2.49. The van der Waals surface area contributed by atoms with Gasteiger partial charge in [-0.05, 0) is 130 Å². The maximum absolute atomic E-state index is 11.4. The van der Waals surface area contributed by atoms with Gasteiger partial charge in [-0.15, -0.1) is 0 Å². The molecule has 0 aromatic heterocycles. The molecule has 0 saturated heterocycles. The molecule has 0 bridgehead atoms. The predicted molar refractivity (Wildman–Crippen MR) is 146 cm³/mol. The summed E-state index contributed by atoms with van der Waals surface area (Å²) in [4.78, 5) is 11.4. The van der Waals surface area contributed by atoms with Crippen LogP contribution in [0, 0.1) is 6.92 Å². The Morgan fingerprint density at radius 3 is 2.26 bits per heavy atom. The minimum absolute atomic E-state index is 0.196. The third-order valence-corrected chi connectivity index (χ3v) is 6.77. The van der Waals surface area contributed by atoms with Crippen molar-refractivity contribution in [1.82, 2.24) is 0 Å². The van der Waals surface area contributed by atoms with E-state index in [1.807, 2.05) is 19.1 Å². The maximum atomic E-state index is 11.4. The monoisotopic (exact) mass is 482 g/mol. The number of ether oxygens (including phenoxy) is 2. The van der Waals surface area contributed by atoms with Gasteiger partial charge in [-0.2, -0.15) is 0 Å². The van der Waals surface area contributed by atoms with Crippen molar-refractivity contribution in [1.29, 1.82) is 0 Å². The van der Waals surface area contributed by atoms with Gasteiger partial charge in [0, 0.05) is 0 Å². The van der Waals surface area contributed by atoms with Crippen LogP contribution in [0.2, 0.25) is 0 Å². The van der Waals surface area contributed by atoms with E-state index in [4.69, 9.17) is 9.47 Å². The summed E-state index contributed by atoms with van der Waals surface area (Å²) in [7, 11) is 0. The number of hydrogen-bond acceptors (Lipinski definition) is 3. The Kier molecular flexibility index (Phi) is 10.2. The molecule has 1 N–H and O–H groups in total. The normalized spacial score (nSPS) is 18.5. The zero-order valence-electron chi connectivity index (χ0n) is 23.2. The molecule has 1 aromatic carbocycles. The molecule has 0 fully saturated rings. The van der Waals surface area contributed by atoms with Crippen molar-refractivity contribution in [2.75, 3.05) is 0 Å². The van der Waals surface area contributed by atoms with E-state index in [0.29, 0.717) is 5.75 Å². The van der Waals surface area contributed by atoms with E-state index in [-0.39, 0.29) is 5.60 Å². The van der Waals surface area contributed by atoms with Gasteiger partial charge in [0.05, 0.1) is 0 Å². The lowest BCUT2D eigenvalue weighted by molar-refractivity contribution is -0.152. The molecule has 35 heavy (non-hydrogen) atoms. The topological polar surface area (TPSA) is 55.8 Å². The highest BCUT2D eigenvalue weighted by molar-refractivity contribution is 5.76. The molecule has 1 aromatic rings. The van der Waals surface area contributed by atoms with Gasteiger partial charge in [0.15, 0.2) is 5.60 Å². The van der Waals surface area contributed by atoms with Crippen molar-refractivity contribution in [2.24, 2.45) is 0 Å². The maximum Gasteiger partial charge on any atom is 0.347 e. The molecule has 2 rings (SSSR count). The third kappa shape index (κ3) is 9.23. The van der Waals surface area contributed by atoms with Crippen LogP contribution in [0.15, 0.2) is 47.1 Å². The lowest BCUT2D eigenvalue weighted by Crippen LogP contribution is -2.38. The van der Waals surface area contributed by atoms with E-state index in [1.165, 1.54) is 16.7 Å². The molecule has 0 amide bonds. The van der Waals surface area contributed by atoms with E-state index < -0.39 is 11.6 Å². The number of carboxylic acid groups (broad SMARTS) is 1. The van der Waals surface area contributed by atoms with Crippen molar-refractivity contribution >= 4 is 5.97 Å². The molecule has 4 heteroatoms. The quantitative estimate of drug-likeness (QED) is 0.303. The number of aliphatic carboxylic acids is 1. The second-order valence-corrected chi connectivity index (χ2v) is 11.2.